The van der Waals surface area contributed by atoms with Crippen LogP contribution in [0.4, 0.5) is 20.6 Å². The van der Waals surface area contributed by atoms with Crippen molar-refractivity contribution in [1.82, 2.24) is 0 Å². The summed E-state index contributed by atoms with van der Waals surface area (Å²) in [6.07, 6.45) is -0.298. The fraction of sp³-hybridized carbons (Fsp3) is 0.172. The molecule has 0 aliphatic heterocycles. The average molecular weight is 581 g/mol. The number of ether oxygens (including phenoxy) is 1. The van der Waals surface area contributed by atoms with Crippen molar-refractivity contribution in [2.45, 2.75) is 31.3 Å². The molecule has 40 heavy (non-hydrogen) atoms. The molecule has 204 valence electrons. The summed E-state index contributed by atoms with van der Waals surface area (Å²) in [6.45, 7) is 1.65. The number of thiophene rings is 1. The van der Waals surface area contributed by atoms with Crippen molar-refractivity contribution in [3.63, 3.8) is 0 Å². The zero-order valence-electron chi connectivity index (χ0n) is 21.0. The van der Waals surface area contributed by atoms with E-state index in [1.54, 1.807) is 43.3 Å². The third kappa shape index (κ3) is 5.41. The molecule has 8 nitrogen and oxygen atoms in total. The van der Waals surface area contributed by atoms with Gasteiger partial charge in [0.05, 0.1) is 30.8 Å². The van der Waals surface area contributed by atoms with Gasteiger partial charge in [-0.05, 0) is 60.7 Å². The molecular formula is C29H22ClFN2O6S. The first kappa shape index (κ1) is 27.3. The van der Waals surface area contributed by atoms with Gasteiger partial charge in [-0.25, -0.2) is 9.18 Å². The monoisotopic (exact) mass is 580 g/mol. The third-order valence-electron chi connectivity index (χ3n) is 6.93. The van der Waals surface area contributed by atoms with Gasteiger partial charge in [-0.15, -0.1) is 11.3 Å². The number of carbonyl (C=O) groups is 2. The molecule has 2 N–H and O–H groups in total. The molecule has 1 atom stereocenters. The largest absolute Gasteiger partial charge is 0.481 e. The number of carbonyl (C=O) groups excluding carboxylic acids is 1. The molecule has 0 radical (unpaired) electrons. The molecular weight excluding hydrogens is 559 g/mol. The van der Waals surface area contributed by atoms with Gasteiger partial charge in [0, 0.05) is 11.6 Å². The summed E-state index contributed by atoms with van der Waals surface area (Å²) in [5, 5.41) is 24.2. The Hall–Kier alpha value is -4.28. The maximum atomic E-state index is 13.2. The van der Waals surface area contributed by atoms with E-state index in [0.29, 0.717) is 55.6 Å². The Kier molecular flexibility index (Phi) is 7.31. The Morgan fingerprint density at radius 3 is 2.33 bits per heavy atom. The fourth-order valence-corrected chi connectivity index (χ4v) is 5.74. The minimum absolute atomic E-state index is 0.160. The normalized spacial score (nSPS) is 14.3. The molecule has 1 heterocycles. The van der Waals surface area contributed by atoms with Crippen LogP contribution in [0, 0.1) is 15.9 Å². The average Bonchev–Trinajstić information content (AvgIpc) is 3.66. The lowest BCUT2D eigenvalue weighted by Crippen LogP contribution is -2.19. The Balaban J connectivity index is 1.39. The standard InChI is InChI=1S/C29H22ClFN2O6S/c1-16(17-4-9-21(31)10-5-17)39-28(36)32-23-15-25(30)40-26(23)19-6-11-22(24(14-19)33(37)38)18-2-7-20(8-3-18)29(12-13-29)27(34)35/h2-11,14-16H,12-13H2,1H3,(H,32,36)(H,34,35)/t16-/m1/s1. The highest BCUT2D eigenvalue weighted by molar-refractivity contribution is 7.20. The summed E-state index contributed by atoms with van der Waals surface area (Å²) < 4.78 is 19.0. The number of carboxylic acid groups (broad SMARTS) is 1. The number of nitro benzene ring substituents is 1. The minimum Gasteiger partial charge on any atom is -0.481 e. The summed E-state index contributed by atoms with van der Waals surface area (Å²) in [4.78, 5) is 36.3. The van der Waals surface area contributed by atoms with E-state index in [1.165, 1.54) is 36.4 Å². The van der Waals surface area contributed by atoms with E-state index >= 15 is 0 Å². The number of hydrogen-bond acceptors (Lipinski definition) is 6. The number of nitro groups is 1. The van der Waals surface area contributed by atoms with Crippen LogP contribution in [0.1, 0.15) is 37.0 Å². The smallest absolute Gasteiger partial charge is 0.412 e. The van der Waals surface area contributed by atoms with E-state index in [-0.39, 0.29) is 5.69 Å². The Bertz CT molecular complexity index is 1620. The van der Waals surface area contributed by atoms with Gasteiger partial charge in [-0.2, -0.15) is 0 Å². The number of carboxylic acids is 1. The van der Waals surface area contributed by atoms with E-state index in [4.69, 9.17) is 16.3 Å². The quantitative estimate of drug-likeness (QED) is 0.160. The molecule has 1 aliphatic rings. The van der Waals surface area contributed by atoms with E-state index in [2.05, 4.69) is 5.32 Å². The van der Waals surface area contributed by atoms with Crippen LogP contribution in [0.5, 0.6) is 0 Å². The molecule has 0 saturated heterocycles. The molecule has 4 aromatic rings. The number of rotatable bonds is 8. The Morgan fingerprint density at radius 2 is 1.73 bits per heavy atom. The summed E-state index contributed by atoms with van der Waals surface area (Å²) in [7, 11) is 0. The first-order chi connectivity index (χ1) is 19.1. The molecule has 1 aromatic heterocycles. The first-order valence-corrected chi connectivity index (χ1v) is 13.4. The van der Waals surface area contributed by atoms with Gasteiger partial charge in [0.25, 0.3) is 5.69 Å². The predicted octanol–water partition coefficient (Wildman–Crippen LogP) is 8.21. The van der Waals surface area contributed by atoms with Crippen molar-refractivity contribution in [2.24, 2.45) is 0 Å². The number of amides is 1. The highest BCUT2D eigenvalue weighted by Crippen LogP contribution is 2.49. The third-order valence-corrected chi connectivity index (χ3v) is 8.24. The molecule has 1 fully saturated rings. The summed E-state index contributed by atoms with van der Waals surface area (Å²) >= 11 is 7.38. The Morgan fingerprint density at radius 1 is 1.07 bits per heavy atom. The van der Waals surface area contributed by atoms with Crippen molar-refractivity contribution in [1.29, 1.82) is 0 Å². The lowest BCUT2D eigenvalue weighted by Gasteiger charge is -2.15. The van der Waals surface area contributed by atoms with Crippen LogP contribution in [0.25, 0.3) is 21.6 Å². The summed E-state index contributed by atoms with van der Waals surface area (Å²) in [5.41, 5.74) is 1.98. The number of anilines is 1. The molecule has 0 spiro atoms. The molecule has 3 aromatic carbocycles. The van der Waals surface area contributed by atoms with E-state index < -0.39 is 34.3 Å². The number of nitrogens with zero attached hydrogens (tertiary/aromatic N) is 1. The van der Waals surface area contributed by atoms with Crippen LogP contribution in [0.2, 0.25) is 4.34 Å². The number of nitrogens with one attached hydrogen (secondary N) is 1. The van der Waals surface area contributed by atoms with Crippen LogP contribution >= 0.6 is 22.9 Å². The van der Waals surface area contributed by atoms with Gasteiger partial charge in [-0.1, -0.05) is 54.1 Å². The maximum Gasteiger partial charge on any atom is 0.412 e. The van der Waals surface area contributed by atoms with Crippen LogP contribution < -0.4 is 5.32 Å². The van der Waals surface area contributed by atoms with Gasteiger partial charge in [0.2, 0.25) is 0 Å². The van der Waals surface area contributed by atoms with Crippen LogP contribution in [0.3, 0.4) is 0 Å². The predicted molar refractivity (Wildman–Crippen MR) is 150 cm³/mol. The molecule has 1 amide bonds. The summed E-state index contributed by atoms with van der Waals surface area (Å²) in [5.74, 6) is -1.27. The van der Waals surface area contributed by atoms with Crippen molar-refractivity contribution in [3.05, 3.63) is 104 Å². The van der Waals surface area contributed by atoms with Crippen LogP contribution in [-0.4, -0.2) is 22.1 Å². The van der Waals surface area contributed by atoms with Crippen LogP contribution in [-0.2, 0) is 14.9 Å². The zero-order chi connectivity index (χ0) is 28.6. The number of hydrogen-bond donors (Lipinski definition) is 2. The molecule has 0 bridgehead atoms. The number of halogens is 2. The Labute approximate surface area is 237 Å². The van der Waals surface area contributed by atoms with Gasteiger partial charge < -0.3 is 9.84 Å². The second-order valence-electron chi connectivity index (χ2n) is 9.47. The SMILES string of the molecule is C[C@@H](OC(=O)Nc1cc(Cl)sc1-c1ccc(-c2ccc(C3(C(=O)O)CC3)cc2)c([N+](=O)[O-])c1)c1ccc(F)cc1. The van der Waals surface area contributed by atoms with Gasteiger partial charge in [0.1, 0.15) is 11.9 Å². The molecule has 1 aliphatic carbocycles. The fourth-order valence-electron chi connectivity index (χ4n) is 4.56. The van der Waals surface area contributed by atoms with Crippen LogP contribution in [0.15, 0.2) is 72.8 Å². The molecule has 1 saturated carbocycles. The lowest BCUT2D eigenvalue weighted by molar-refractivity contribution is -0.384. The molecule has 11 heteroatoms. The zero-order valence-corrected chi connectivity index (χ0v) is 22.6. The van der Waals surface area contributed by atoms with Gasteiger partial charge in [0.15, 0.2) is 0 Å². The van der Waals surface area contributed by atoms with Crippen molar-refractivity contribution in [2.75, 3.05) is 5.32 Å². The van der Waals surface area contributed by atoms with Crippen molar-refractivity contribution in [3.8, 4) is 21.6 Å². The first-order valence-electron chi connectivity index (χ1n) is 12.2. The molecule has 5 rings (SSSR count). The van der Waals surface area contributed by atoms with Crippen molar-refractivity contribution >= 4 is 46.4 Å². The molecule has 0 unspecified atom stereocenters. The summed E-state index contributed by atoms with van der Waals surface area (Å²) in [6, 6.07) is 18.6. The van der Waals surface area contributed by atoms with E-state index in [9.17, 15) is 29.2 Å². The highest BCUT2D eigenvalue weighted by atomic mass is 35.5. The second-order valence-corrected chi connectivity index (χ2v) is 11.2. The van der Waals surface area contributed by atoms with Crippen molar-refractivity contribution < 1.29 is 28.7 Å². The number of aliphatic carboxylic acids is 1. The second kappa shape index (κ2) is 10.7. The lowest BCUT2D eigenvalue weighted by atomic mass is 9.93. The number of benzene rings is 3. The van der Waals surface area contributed by atoms with Gasteiger partial charge >= 0.3 is 12.1 Å². The minimum atomic E-state index is -0.872. The van der Waals surface area contributed by atoms with Gasteiger partial charge in [-0.3, -0.25) is 20.2 Å². The van der Waals surface area contributed by atoms with E-state index in [1.807, 2.05) is 0 Å². The topological polar surface area (TPSA) is 119 Å². The highest BCUT2D eigenvalue weighted by Gasteiger charge is 2.51. The maximum absolute atomic E-state index is 13.2. The van der Waals surface area contributed by atoms with E-state index in [0.717, 1.165) is 11.3 Å².